The summed E-state index contributed by atoms with van der Waals surface area (Å²) in [6.07, 6.45) is 0. The largest absolute Gasteiger partial charge is 0.486 e. The fourth-order valence-corrected chi connectivity index (χ4v) is 4.07. The molecule has 1 aromatic carbocycles. The number of hydrogen-bond donors (Lipinski definition) is 1. The van der Waals surface area contributed by atoms with Crippen molar-refractivity contribution in [2.75, 3.05) is 57.5 Å². The van der Waals surface area contributed by atoms with Crippen LogP contribution in [0.15, 0.2) is 18.2 Å². The highest BCUT2D eigenvalue weighted by Crippen LogP contribution is 2.31. The Bertz CT molecular complexity index is 744. The van der Waals surface area contributed by atoms with E-state index in [0.29, 0.717) is 39.4 Å². The Balaban J connectivity index is 1.50. The molecule has 1 saturated heterocycles. The van der Waals surface area contributed by atoms with Gasteiger partial charge in [-0.1, -0.05) is 6.07 Å². The molecule has 0 saturated carbocycles. The number of carbonyl (C=O) groups is 1. The second-order valence-corrected chi connectivity index (χ2v) is 8.63. The molecule has 26 heavy (non-hydrogen) atoms. The fraction of sp³-hybridized carbons (Fsp3) is 0.588. The summed E-state index contributed by atoms with van der Waals surface area (Å²) in [4.78, 5) is 15.9. The van der Waals surface area contributed by atoms with Crippen LogP contribution < -0.4 is 9.47 Å². The van der Waals surface area contributed by atoms with Crippen LogP contribution in [0.25, 0.3) is 0 Å². The first-order valence-corrected chi connectivity index (χ1v) is 10.5. The van der Waals surface area contributed by atoms with Crippen molar-refractivity contribution >= 4 is 15.7 Å². The maximum atomic E-state index is 12.1. The molecule has 0 atom stereocenters. The second kappa shape index (κ2) is 8.24. The maximum Gasteiger partial charge on any atom is 0.237 e. The highest BCUT2D eigenvalue weighted by molar-refractivity contribution is 7.92. The van der Waals surface area contributed by atoms with E-state index >= 15 is 0 Å². The number of piperazine rings is 1. The molecule has 2 aliphatic rings. The molecule has 0 unspecified atom stereocenters. The molecule has 2 aliphatic heterocycles. The van der Waals surface area contributed by atoms with Crippen molar-refractivity contribution in [2.24, 2.45) is 0 Å². The van der Waals surface area contributed by atoms with Crippen molar-refractivity contribution in [1.82, 2.24) is 9.80 Å². The van der Waals surface area contributed by atoms with Gasteiger partial charge in [0.05, 0.1) is 12.4 Å². The monoisotopic (exact) mass is 384 g/mol. The van der Waals surface area contributed by atoms with E-state index in [1.165, 1.54) is 0 Å². The Morgan fingerprint density at radius 2 is 1.77 bits per heavy atom. The van der Waals surface area contributed by atoms with E-state index in [0.717, 1.165) is 23.6 Å². The molecular formula is C17H24N2O6S. The summed E-state index contributed by atoms with van der Waals surface area (Å²) in [7, 11) is -3.53. The molecule has 1 amide bonds. The summed E-state index contributed by atoms with van der Waals surface area (Å²) in [5.41, 5.74) is 1.11. The average molecular weight is 384 g/mol. The van der Waals surface area contributed by atoms with Gasteiger partial charge in [0.25, 0.3) is 0 Å². The molecule has 0 aromatic heterocycles. The minimum Gasteiger partial charge on any atom is -0.486 e. The van der Waals surface area contributed by atoms with E-state index in [9.17, 15) is 13.2 Å². The van der Waals surface area contributed by atoms with Crippen LogP contribution in [0.4, 0.5) is 0 Å². The number of aliphatic hydroxyl groups is 1. The van der Waals surface area contributed by atoms with E-state index in [2.05, 4.69) is 4.90 Å². The predicted molar refractivity (Wildman–Crippen MR) is 95.0 cm³/mol. The number of hydrogen-bond acceptors (Lipinski definition) is 7. The molecule has 8 nitrogen and oxygen atoms in total. The minimum absolute atomic E-state index is 0.372. The molecule has 0 spiro atoms. The summed E-state index contributed by atoms with van der Waals surface area (Å²) in [5.74, 6) is 0.229. The van der Waals surface area contributed by atoms with Crippen molar-refractivity contribution in [1.29, 1.82) is 0 Å². The molecule has 0 bridgehead atoms. The zero-order valence-electron chi connectivity index (χ0n) is 14.6. The smallest absolute Gasteiger partial charge is 0.237 e. The number of ether oxygens (including phenoxy) is 2. The summed E-state index contributed by atoms with van der Waals surface area (Å²) >= 11 is 0. The van der Waals surface area contributed by atoms with Crippen LogP contribution in [0.5, 0.6) is 11.5 Å². The van der Waals surface area contributed by atoms with Gasteiger partial charge >= 0.3 is 0 Å². The first-order chi connectivity index (χ1) is 12.5. The number of amides is 1. The normalized spacial score (nSPS) is 18.0. The molecule has 0 radical (unpaired) electrons. The molecule has 144 valence electrons. The van der Waals surface area contributed by atoms with Gasteiger partial charge in [-0.3, -0.25) is 9.69 Å². The Kier molecular flexibility index (Phi) is 6.00. The highest BCUT2D eigenvalue weighted by atomic mass is 32.2. The Morgan fingerprint density at radius 1 is 1.08 bits per heavy atom. The van der Waals surface area contributed by atoms with Gasteiger partial charge in [-0.05, 0) is 17.7 Å². The van der Waals surface area contributed by atoms with Crippen LogP contribution in [0, 0.1) is 0 Å². The van der Waals surface area contributed by atoms with Crippen LogP contribution in [0.3, 0.4) is 0 Å². The number of aliphatic hydroxyl groups excluding tert-OH is 1. The van der Waals surface area contributed by atoms with Crippen molar-refractivity contribution in [3.63, 3.8) is 0 Å². The third-order valence-corrected chi connectivity index (χ3v) is 5.97. The van der Waals surface area contributed by atoms with Crippen molar-refractivity contribution in [2.45, 2.75) is 6.54 Å². The standard InChI is InChI=1S/C17H24N2O6S/c20-7-10-26(22,23)13-17(21)19-5-3-18(4-6-19)12-14-1-2-15-16(11-14)25-9-8-24-15/h1-2,11,20H,3-10,12-13H2. The average Bonchev–Trinajstić information content (AvgIpc) is 2.61. The quantitative estimate of drug-likeness (QED) is 0.707. The van der Waals surface area contributed by atoms with Crippen LogP contribution in [0.1, 0.15) is 5.56 Å². The van der Waals surface area contributed by atoms with Gasteiger partial charge in [0, 0.05) is 32.7 Å². The predicted octanol–water partition coefficient (Wildman–Crippen LogP) is -0.491. The lowest BCUT2D eigenvalue weighted by Gasteiger charge is -2.34. The molecule has 1 fully saturated rings. The molecule has 3 rings (SSSR count). The molecule has 1 N–H and O–H groups in total. The van der Waals surface area contributed by atoms with Gasteiger partial charge < -0.3 is 19.5 Å². The first kappa shape index (κ1) is 18.9. The Labute approximate surface area is 153 Å². The van der Waals surface area contributed by atoms with Gasteiger partial charge in [-0.15, -0.1) is 0 Å². The molecule has 1 aromatic rings. The van der Waals surface area contributed by atoms with E-state index in [4.69, 9.17) is 14.6 Å². The summed E-state index contributed by atoms with van der Waals surface area (Å²) < 4.78 is 34.4. The van der Waals surface area contributed by atoms with Crippen molar-refractivity contribution in [3.05, 3.63) is 23.8 Å². The van der Waals surface area contributed by atoms with E-state index < -0.39 is 28.1 Å². The lowest BCUT2D eigenvalue weighted by molar-refractivity contribution is -0.130. The van der Waals surface area contributed by atoms with Gasteiger partial charge in [-0.25, -0.2) is 8.42 Å². The third-order valence-electron chi connectivity index (χ3n) is 4.48. The van der Waals surface area contributed by atoms with Gasteiger partial charge in [0.15, 0.2) is 21.3 Å². The zero-order valence-corrected chi connectivity index (χ0v) is 15.4. The van der Waals surface area contributed by atoms with Crippen molar-refractivity contribution in [3.8, 4) is 11.5 Å². The molecule has 2 heterocycles. The summed E-state index contributed by atoms with van der Waals surface area (Å²) in [6.45, 7) is 3.75. The van der Waals surface area contributed by atoms with Crippen LogP contribution in [-0.2, 0) is 21.2 Å². The lowest BCUT2D eigenvalue weighted by Crippen LogP contribution is -2.49. The Morgan fingerprint density at radius 3 is 2.46 bits per heavy atom. The highest BCUT2D eigenvalue weighted by Gasteiger charge is 2.25. The number of rotatable bonds is 6. The van der Waals surface area contributed by atoms with Crippen LogP contribution >= 0.6 is 0 Å². The fourth-order valence-electron chi connectivity index (χ4n) is 3.09. The van der Waals surface area contributed by atoms with Gasteiger partial charge in [-0.2, -0.15) is 0 Å². The maximum absolute atomic E-state index is 12.1. The third kappa shape index (κ3) is 4.87. The zero-order chi connectivity index (χ0) is 18.6. The number of nitrogens with zero attached hydrogens (tertiary/aromatic N) is 2. The van der Waals surface area contributed by atoms with E-state index in [-0.39, 0.29) is 5.75 Å². The lowest BCUT2D eigenvalue weighted by atomic mass is 10.1. The number of carbonyl (C=O) groups excluding carboxylic acids is 1. The Hall–Kier alpha value is -1.84. The van der Waals surface area contributed by atoms with Crippen LogP contribution in [0.2, 0.25) is 0 Å². The number of benzene rings is 1. The minimum atomic E-state index is -3.53. The van der Waals surface area contributed by atoms with Gasteiger partial charge in [0.1, 0.15) is 19.0 Å². The summed E-state index contributed by atoms with van der Waals surface area (Å²) in [6, 6.07) is 5.90. The molecular weight excluding hydrogens is 360 g/mol. The van der Waals surface area contributed by atoms with E-state index in [1.807, 2.05) is 18.2 Å². The SMILES string of the molecule is O=C(CS(=O)(=O)CCO)N1CCN(Cc2ccc3c(c2)OCCO3)CC1. The van der Waals surface area contributed by atoms with Gasteiger partial charge in [0.2, 0.25) is 5.91 Å². The molecule has 9 heteroatoms. The number of fused-ring (bicyclic) bond motifs is 1. The summed E-state index contributed by atoms with van der Waals surface area (Å²) in [5, 5.41) is 8.75. The van der Waals surface area contributed by atoms with Crippen molar-refractivity contribution < 1.29 is 27.8 Å². The topological polar surface area (TPSA) is 96.4 Å². The molecule has 0 aliphatic carbocycles. The van der Waals surface area contributed by atoms with Crippen LogP contribution in [-0.4, -0.2) is 86.7 Å². The van der Waals surface area contributed by atoms with E-state index in [1.54, 1.807) is 4.90 Å². The first-order valence-electron chi connectivity index (χ1n) is 8.67. The number of sulfone groups is 1. The second-order valence-electron chi connectivity index (χ2n) is 6.45.